The average Bonchev–Trinajstić information content (AvgIpc) is 3.37. The fourth-order valence-electron chi connectivity index (χ4n) is 3.67. The zero-order valence-corrected chi connectivity index (χ0v) is 19.3. The fourth-order valence-corrected chi connectivity index (χ4v) is 3.67. The van der Waals surface area contributed by atoms with Crippen molar-refractivity contribution in [2.75, 3.05) is 13.2 Å². The molecular weight excluding hydrogens is 518 g/mol. The number of halogens is 6. The molecule has 16 heteroatoms. The molecule has 0 spiro atoms. The molecule has 37 heavy (non-hydrogen) atoms. The van der Waals surface area contributed by atoms with Crippen LogP contribution in [0.4, 0.5) is 26.3 Å². The van der Waals surface area contributed by atoms with Crippen LogP contribution in [-0.4, -0.2) is 85.6 Å². The van der Waals surface area contributed by atoms with Crippen molar-refractivity contribution in [3.63, 3.8) is 0 Å². The summed E-state index contributed by atoms with van der Waals surface area (Å²) in [6, 6.07) is 4.27. The second-order valence-corrected chi connectivity index (χ2v) is 7.95. The molecule has 206 valence electrons. The lowest BCUT2D eigenvalue weighted by atomic mass is 10.0. The predicted octanol–water partition coefficient (Wildman–Crippen LogP) is 2.89. The van der Waals surface area contributed by atoms with E-state index in [1.807, 2.05) is 30.1 Å². The Morgan fingerprint density at radius 1 is 1.14 bits per heavy atom. The number of likely N-dealkylation sites (tertiary alicyclic amines) is 1. The van der Waals surface area contributed by atoms with E-state index in [1.54, 1.807) is 12.4 Å². The minimum Gasteiger partial charge on any atom is -0.485 e. The third kappa shape index (κ3) is 9.53. The van der Waals surface area contributed by atoms with E-state index >= 15 is 0 Å². The smallest absolute Gasteiger partial charge is 0.485 e. The zero-order chi connectivity index (χ0) is 27.8. The van der Waals surface area contributed by atoms with Gasteiger partial charge in [-0.3, -0.25) is 14.6 Å². The molecule has 2 N–H and O–H groups in total. The maximum Gasteiger partial charge on any atom is 0.490 e. The number of ether oxygens (including phenoxy) is 2. The van der Waals surface area contributed by atoms with E-state index in [2.05, 4.69) is 21.2 Å². The van der Waals surface area contributed by atoms with Crippen molar-refractivity contribution < 1.29 is 55.6 Å². The topological polar surface area (TPSA) is 127 Å². The van der Waals surface area contributed by atoms with Crippen molar-refractivity contribution >= 4 is 11.9 Å². The van der Waals surface area contributed by atoms with Crippen molar-refractivity contribution in [3.8, 4) is 5.75 Å². The maximum atomic E-state index is 10.6. The van der Waals surface area contributed by atoms with E-state index in [-0.39, 0.29) is 12.2 Å². The molecular formula is C21H24F6N4O6. The Hall–Kier alpha value is -3.40. The first-order valence-corrected chi connectivity index (χ1v) is 10.7. The highest BCUT2D eigenvalue weighted by Gasteiger charge is 2.45. The quantitative estimate of drug-likeness (QED) is 0.561. The van der Waals surface area contributed by atoms with Crippen LogP contribution in [0.25, 0.3) is 0 Å². The van der Waals surface area contributed by atoms with Crippen LogP contribution in [0.3, 0.4) is 0 Å². The lowest BCUT2D eigenvalue weighted by Gasteiger charge is -2.32. The Kier molecular flexibility index (Phi) is 10.2. The van der Waals surface area contributed by atoms with Gasteiger partial charge in [0.05, 0.1) is 12.4 Å². The summed E-state index contributed by atoms with van der Waals surface area (Å²) >= 11 is 0. The molecule has 0 aromatic carbocycles. The van der Waals surface area contributed by atoms with Crippen LogP contribution in [0.15, 0.2) is 36.9 Å². The molecule has 10 nitrogen and oxygen atoms in total. The predicted molar refractivity (Wildman–Crippen MR) is 112 cm³/mol. The average molecular weight is 542 g/mol. The first-order valence-electron chi connectivity index (χ1n) is 10.7. The number of hydrogen-bond donors (Lipinski definition) is 2. The van der Waals surface area contributed by atoms with Crippen molar-refractivity contribution in [2.45, 2.75) is 50.0 Å². The van der Waals surface area contributed by atoms with E-state index in [4.69, 9.17) is 29.3 Å². The van der Waals surface area contributed by atoms with Gasteiger partial charge in [-0.25, -0.2) is 9.59 Å². The number of alkyl halides is 6. The van der Waals surface area contributed by atoms with Crippen LogP contribution >= 0.6 is 0 Å². The van der Waals surface area contributed by atoms with Gasteiger partial charge in [0, 0.05) is 50.7 Å². The van der Waals surface area contributed by atoms with Gasteiger partial charge in [-0.2, -0.15) is 31.4 Å². The Balaban J connectivity index is 0.000000286. The number of aromatic nitrogens is 3. The van der Waals surface area contributed by atoms with Crippen molar-refractivity contribution in [1.29, 1.82) is 0 Å². The summed E-state index contributed by atoms with van der Waals surface area (Å²) in [5, 5.41) is 18.5. The standard InChI is InChI=1S/C17H22N4O2.2C2HF3O2/c1-20-10-13(8-19-20)11-21-12-16(17-15(21)5-3-7-22-17)23-14-4-2-6-18-9-14;2*3-2(4,5)1(6)7/h2,4,6,8-10,15-17H,3,5,7,11-12H2,1H3;2*(H,6,7)/t15-,16+,17+;;/m1../s1. The van der Waals surface area contributed by atoms with Gasteiger partial charge in [-0.05, 0) is 25.0 Å². The number of rotatable bonds is 4. The lowest BCUT2D eigenvalue weighted by Crippen LogP contribution is -2.42. The number of nitrogens with zero attached hydrogens (tertiary/aromatic N) is 4. The summed E-state index contributed by atoms with van der Waals surface area (Å²) in [5.41, 5.74) is 1.24. The van der Waals surface area contributed by atoms with Gasteiger partial charge in [-0.15, -0.1) is 0 Å². The number of pyridine rings is 1. The Bertz CT molecular complexity index is 993. The van der Waals surface area contributed by atoms with Gasteiger partial charge in [0.2, 0.25) is 0 Å². The van der Waals surface area contributed by atoms with E-state index < -0.39 is 24.3 Å². The second-order valence-electron chi connectivity index (χ2n) is 7.95. The Labute approximate surface area is 206 Å². The van der Waals surface area contributed by atoms with Crippen LogP contribution < -0.4 is 4.74 Å². The van der Waals surface area contributed by atoms with Gasteiger partial charge in [0.1, 0.15) is 18.0 Å². The molecule has 4 heterocycles. The molecule has 0 bridgehead atoms. The summed E-state index contributed by atoms with van der Waals surface area (Å²) in [5.74, 6) is -4.70. The highest BCUT2D eigenvalue weighted by molar-refractivity contribution is 5.73. The normalized spacial score (nSPS) is 21.5. The number of carboxylic acids is 2. The monoisotopic (exact) mass is 542 g/mol. The molecule has 2 aliphatic heterocycles. The van der Waals surface area contributed by atoms with Gasteiger partial charge in [0.15, 0.2) is 0 Å². The second kappa shape index (κ2) is 12.7. The molecule has 0 saturated carbocycles. The molecule has 0 unspecified atom stereocenters. The van der Waals surface area contributed by atoms with Gasteiger partial charge < -0.3 is 19.7 Å². The van der Waals surface area contributed by atoms with Crippen molar-refractivity contribution in [3.05, 3.63) is 42.5 Å². The Morgan fingerprint density at radius 2 is 1.76 bits per heavy atom. The van der Waals surface area contributed by atoms with Crippen molar-refractivity contribution in [2.24, 2.45) is 7.05 Å². The molecule has 0 amide bonds. The maximum absolute atomic E-state index is 10.6. The molecule has 2 aliphatic rings. The van der Waals surface area contributed by atoms with Gasteiger partial charge in [-0.1, -0.05) is 0 Å². The third-order valence-corrected chi connectivity index (χ3v) is 5.13. The van der Waals surface area contributed by atoms with Crippen LogP contribution in [0.2, 0.25) is 0 Å². The summed E-state index contributed by atoms with van der Waals surface area (Å²) in [6.07, 6.45) is -0.149. The fraction of sp³-hybridized carbons (Fsp3) is 0.524. The lowest BCUT2D eigenvalue weighted by molar-refractivity contribution is -0.193. The largest absolute Gasteiger partial charge is 0.490 e. The van der Waals surface area contributed by atoms with E-state index in [9.17, 15) is 26.3 Å². The summed E-state index contributed by atoms with van der Waals surface area (Å²) in [6.45, 7) is 2.60. The summed E-state index contributed by atoms with van der Waals surface area (Å²) in [7, 11) is 1.95. The Morgan fingerprint density at radius 3 is 2.24 bits per heavy atom. The summed E-state index contributed by atoms with van der Waals surface area (Å²) < 4.78 is 77.5. The number of aryl methyl sites for hydroxylation is 1. The summed E-state index contributed by atoms with van der Waals surface area (Å²) in [4.78, 5) is 24.4. The van der Waals surface area contributed by atoms with E-state index in [1.165, 1.54) is 5.56 Å². The third-order valence-electron chi connectivity index (χ3n) is 5.13. The molecule has 2 aromatic rings. The highest BCUT2D eigenvalue weighted by Crippen LogP contribution is 2.32. The number of carboxylic acid groups (broad SMARTS) is 2. The van der Waals surface area contributed by atoms with Crippen LogP contribution in [0.5, 0.6) is 5.75 Å². The van der Waals surface area contributed by atoms with Gasteiger partial charge >= 0.3 is 24.3 Å². The molecule has 2 aromatic heterocycles. The molecule has 0 aliphatic carbocycles. The zero-order valence-electron chi connectivity index (χ0n) is 19.3. The number of hydrogen-bond acceptors (Lipinski definition) is 7. The van der Waals surface area contributed by atoms with E-state index in [0.29, 0.717) is 6.04 Å². The SMILES string of the molecule is Cn1cc(CN2C[C@H](Oc3cccnc3)[C@H]3OCCC[C@H]32)cn1.O=C(O)C(F)(F)F.O=C(O)C(F)(F)F. The number of fused-ring (bicyclic) bond motifs is 1. The minimum atomic E-state index is -5.08. The van der Waals surface area contributed by atoms with E-state index in [0.717, 1.165) is 38.3 Å². The van der Waals surface area contributed by atoms with Crippen molar-refractivity contribution in [1.82, 2.24) is 19.7 Å². The first-order chi connectivity index (χ1) is 17.2. The highest BCUT2D eigenvalue weighted by atomic mass is 19.4. The number of carbonyl (C=O) groups is 2. The van der Waals surface area contributed by atoms with Crippen LogP contribution in [0.1, 0.15) is 18.4 Å². The van der Waals surface area contributed by atoms with Gasteiger partial charge in [0.25, 0.3) is 0 Å². The molecule has 2 saturated heterocycles. The molecule has 3 atom stereocenters. The molecule has 4 rings (SSSR count). The van der Waals surface area contributed by atoms with Crippen LogP contribution in [-0.2, 0) is 27.9 Å². The van der Waals surface area contributed by atoms with Crippen LogP contribution in [0, 0.1) is 0 Å². The minimum absolute atomic E-state index is 0.0566. The number of aliphatic carboxylic acids is 2. The molecule has 2 fully saturated rings. The molecule has 0 radical (unpaired) electrons. The first kappa shape index (κ1) is 29.8.